The second-order valence-corrected chi connectivity index (χ2v) is 5.75. The lowest BCUT2D eigenvalue weighted by Crippen LogP contribution is -2.27. The van der Waals surface area contributed by atoms with Crippen molar-refractivity contribution in [2.75, 3.05) is 11.9 Å². The summed E-state index contributed by atoms with van der Waals surface area (Å²) in [5, 5.41) is 4.16. The largest absolute Gasteiger partial charge is 0.573 e. The molecule has 140 valence electrons. The van der Waals surface area contributed by atoms with Crippen molar-refractivity contribution in [2.45, 2.75) is 13.3 Å². The molecular weight excluding hydrogens is 361 g/mol. The Bertz CT molecular complexity index is 934. The standard InChI is InChI=1S/C18H15F3N4O2/c1-12-3-5-14(6-4-12)25-11-22-16(23-25)17(26)24(2)13-7-9-15(10-8-13)27-18(19,20)21/h3-11H,1-2H3. The number of rotatable bonds is 4. The number of amides is 1. The van der Waals surface area contributed by atoms with Crippen LogP contribution in [-0.4, -0.2) is 34.1 Å². The fraction of sp³-hybridized carbons (Fsp3) is 0.167. The van der Waals surface area contributed by atoms with Crippen molar-refractivity contribution in [3.8, 4) is 11.4 Å². The van der Waals surface area contributed by atoms with E-state index in [0.29, 0.717) is 5.69 Å². The van der Waals surface area contributed by atoms with Gasteiger partial charge in [-0.3, -0.25) is 4.79 Å². The first kappa shape index (κ1) is 18.4. The van der Waals surface area contributed by atoms with Crippen molar-refractivity contribution in [3.63, 3.8) is 0 Å². The molecular formula is C18H15F3N4O2. The second-order valence-electron chi connectivity index (χ2n) is 5.75. The molecule has 2 aromatic carbocycles. The normalized spacial score (nSPS) is 11.3. The van der Waals surface area contributed by atoms with Gasteiger partial charge in [0.2, 0.25) is 5.82 Å². The minimum absolute atomic E-state index is 0.0336. The predicted molar refractivity (Wildman–Crippen MR) is 92.0 cm³/mol. The van der Waals surface area contributed by atoms with Crippen LogP contribution in [0.2, 0.25) is 0 Å². The molecule has 0 atom stereocenters. The molecule has 6 nitrogen and oxygen atoms in total. The number of hydrogen-bond donors (Lipinski definition) is 0. The molecule has 0 fully saturated rings. The van der Waals surface area contributed by atoms with Gasteiger partial charge in [0.15, 0.2) is 0 Å². The summed E-state index contributed by atoms with van der Waals surface area (Å²) in [6.45, 7) is 1.96. The Labute approximate surface area is 152 Å². The third-order valence-corrected chi connectivity index (χ3v) is 3.74. The summed E-state index contributed by atoms with van der Waals surface area (Å²) in [5.74, 6) is -0.895. The molecule has 0 radical (unpaired) electrons. The monoisotopic (exact) mass is 376 g/mol. The molecule has 3 rings (SSSR count). The van der Waals surface area contributed by atoms with Crippen LogP contribution in [-0.2, 0) is 0 Å². The average molecular weight is 376 g/mol. The van der Waals surface area contributed by atoms with E-state index in [4.69, 9.17) is 0 Å². The van der Waals surface area contributed by atoms with Crippen molar-refractivity contribution in [1.82, 2.24) is 14.8 Å². The Hall–Kier alpha value is -3.36. The van der Waals surface area contributed by atoms with Gasteiger partial charge in [0, 0.05) is 12.7 Å². The molecule has 3 aromatic rings. The number of halogens is 3. The third kappa shape index (κ3) is 4.43. The van der Waals surface area contributed by atoms with Crippen LogP contribution in [0, 0.1) is 6.92 Å². The van der Waals surface area contributed by atoms with E-state index in [-0.39, 0.29) is 11.6 Å². The highest BCUT2D eigenvalue weighted by atomic mass is 19.4. The Balaban J connectivity index is 1.75. The van der Waals surface area contributed by atoms with Crippen molar-refractivity contribution in [2.24, 2.45) is 0 Å². The van der Waals surface area contributed by atoms with Crippen molar-refractivity contribution < 1.29 is 22.7 Å². The molecule has 0 N–H and O–H groups in total. The summed E-state index contributed by atoms with van der Waals surface area (Å²) in [4.78, 5) is 17.8. The number of alkyl halides is 3. The molecule has 0 aliphatic heterocycles. The van der Waals surface area contributed by atoms with E-state index in [1.165, 1.54) is 35.1 Å². The number of carbonyl (C=O) groups is 1. The molecule has 1 aromatic heterocycles. The van der Waals surface area contributed by atoms with Crippen LogP contribution in [0.5, 0.6) is 5.75 Å². The molecule has 0 spiro atoms. The summed E-state index contributed by atoms with van der Waals surface area (Å²) < 4.78 is 41.9. The average Bonchev–Trinajstić information content (AvgIpc) is 3.10. The fourth-order valence-corrected chi connectivity index (χ4v) is 2.32. The van der Waals surface area contributed by atoms with Gasteiger partial charge in [-0.1, -0.05) is 17.7 Å². The second kappa shape index (κ2) is 7.10. The molecule has 0 unspecified atom stereocenters. The SMILES string of the molecule is Cc1ccc(-n2cnc(C(=O)N(C)c3ccc(OC(F)(F)F)cc3)n2)cc1. The minimum Gasteiger partial charge on any atom is -0.406 e. The van der Waals surface area contributed by atoms with Crippen LogP contribution in [0.4, 0.5) is 18.9 Å². The van der Waals surface area contributed by atoms with Gasteiger partial charge >= 0.3 is 6.36 Å². The quantitative estimate of drug-likeness (QED) is 0.696. The van der Waals surface area contributed by atoms with Gasteiger partial charge in [0.25, 0.3) is 5.91 Å². The minimum atomic E-state index is -4.77. The highest BCUT2D eigenvalue weighted by molar-refractivity contribution is 6.03. The zero-order chi connectivity index (χ0) is 19.6. The summed E-state index contributed by atoms with van der Waals surface area (Å²) in [7, 11) is 1.48. The maximum atomic E-state index is 12.5. The van der Waals surface area contributed by atoms with Gasteiger partial charge in [0.05, 0.1) is 5.69 Å². The first-order valence-corrected chi connectivity index (χ1v) is 7.85. The Kier molecular flexibility index (Phi) is 4.85. The van der Waals surface area contributed by atoms with Crippen LogP contribution in [0.15, 0.2) is 54.9 Å². The topological polar surface area (TPSA) is 60.2 Å². The van der Waals surface area contributed by atoms with Crippen molar-refractivity contribution >= 4 is 11.6 Å². The zero-order valence-electron chi connectivity index (χ0n) is 14.4. The highest BCUT2D eigenvalue weighted by Gasteiger charge is 2.31. The van der Waals surface area contributed by atoms with Crippen LogP contribution in [0.25, 0.3) is 5.69 Å². The number of carbonyl (C=O) groups excluding carboxylic acids is 1. The van der Waals surface area contributed by atoms with Gasteiger partial charge in [0.1, 0.15) is 12.1 Å². The molecule has 0 aliphatic rings. The summed E-state index contributed by atoms with van der Waals surface area (Å²) in [6.07, 6.45) is -3.35. The number of aryl methyl sites for hydroxylation is 1. The molecule has 0 aliphatic carbocycles. The van der Waals surface area contributed by atoms with E-state index in [9.17, 15) is 18.0 Å². The first-order chi connectivity index (χ1) is 12.7. The zero-order valence-corrected chi connectivity index (χ0v) is 14.4. The Morgan fingerprint density at radius 2 is 1.70 bits per heavy atom. The van der Waals surface area contributed by atoms with Gasteiger partial charge < -0.3 is 9.64 Å². The van der Waals surface area contributed by atoms with Gasteiger partial charge in [-0.25, -0.2) is 9.67 Å². The maximum Gasteiger partial charge on any atom is 0.573 e. The highest BCUT2D eigenvalue weighted by Crippen LogP contribution is 2.25. The fourth-order valence-electron chi connectivity index (χ4n) is 2.32. The van der Waals surface area contributed by atoms with Gasteiger partial charge in [-0.05, 0) is 43.3 Å². The van der Waals surface area contributed by atoms with Crippen LogP contribution < -0.4 is 9.64 Å². The number of hydrogen-bond acceptors (Lipinski definition) is 4. The van der Waals surface area contributed by atoms with E-state index in [1.54, 1.807) is 0 Å². The van der Waals surface area contributed by atoms with Crippen LogP contribution in [0.1, 0.15) is 16.2 Å². The van der Waals surface area contributed by atoms with E-state index >= 15 is 0 Å². The van der Waals surface area contributed by atoms with Crippen molar-refractivity contribution in [1.29, 1.82) is 0 Å². The predicted octanol–water partition coefficient (Wildman–Crippen LogP) is 3.75. The van der Waals surface area contributed by atoms with Crippen molar-refractivity contribution in [3.05, 3.63) is 66.2 Å². The molecule has 0 bridgehead atoms. The van der Waals surface area contributed by atoms with Crippen LogP contribution in [0.3, 0.4) is 0 Å². The number of nitrogens with zero attached hydrogens (tertiary/aromatic N) is 4. The Morgan fingerprint density at radius 1 is 1.07 bits per heavy atom. The molecule has 27 heavy (non-hydrogen) atoms. The number of benzene rings is 2. The molecule has 0 saturated heterocycles. The summed E-state index contributed by atoms with van der Waals surface area (Å²) >= 11 is 0. The molecule has 9 heteroatoms. The first-order valence-electron chi connectivity index (χ1n) is 7.85. The summed E-state index contributed by atoms with van der Waals surface area (Å²) in [5.41, 5.74) is 2.22. The number of anilines is 1. The lowest BCUT2D eigenvalue weighted by molar-refractivity contribution is -0.274. The van der Waals surface area contributed by atoms with E-state index in [2.05, 4.69) is 14.8 Å². The lowest BCUT2D eigenvalue weighted by atomic mass is 10.2. The number of aromatic nitrogens is 3. The van der Waals surface area contributed by atoms with Gasteiger partial charge in [-0.2, -0.15) is 0 Å². The van der Waals surface area contributed by atoms with E-state index < -0.39 is 12.3 Å². The maximum absolute atomic E-state index is 12.5. The smallest absolute Gasteiger partial charge is 0.406 e. The lowest BCUT2D eigenvalue weighted by Gasteiger charge is -2.16. The van der Waals surface area contributed by atoms with Gasteiger partial charge in [-0.15, -0.1) is 18.3 Å². The van der Waals surface area contributed by atoms with E-state index in [1.807, 2.05) is 31.2 Å². The molecule has 1 heterocycles. The van der Waals surface area contributed by atoms with E-state index in [0.717, 1.165) is 23.4 Å². The molecule has 0 saturated carbocycles. The Morgan fingerprint density at radius 3 is 2.30 bits per heavy atom. The number of ether oxygens (including phenoxy) is 1. The molecule has 1 amide bonds. The summed E-state index contributed by atoms with van der Waals surface area (Å²) in [6, 6.07) is 12.5. The van der Waals surface area contributed by atoms with Crippen LogP contribution >= 0.6 is 0 Å². The third-order valence-electron chi connectivity index (χ3n) is 3.74.